The SMILES string of the molecule is CNC(Cc1cc(F)ccc1C)c1cncc(C)c1. The van der Waals surface area contributed by atoms with Gasteiger partial charge in [-0.3, -0.25) is 4.98 Å². The summed E-state index contributed by atoms with van der Waals surface area (Å²) in [6.07, 6.45) is 4.46. The number of pyridine rings is 1. The van der Waals surface area contributed by atoms with Crippen molar-refractivity contribution in [3.63, 3.8) is 0 Å². The number of halogens is 1. The van der Waals surface area contributed by atoms with Crippen molar-refractivity contribution in [3.05, 3.63) is 64.7 Å². The lowest BCUT2D eigenvalue weighted by Crippen LogP contribution is -2.19. The van der Waals surface area contributed by atoms with Crippen molar-refractivity contribution in [1.29, 1.82) is 0 Å². The first kappa shape index (κ1) is 13.7. The highest BCUT2D eigenvalue weighted by molar-refractivity contribution is 5.30. The fourth-order valence-corrected chi connectivity index (χ4v) is 2.24. The molecule has 0 aliphatic carbocycles. The Balaban J connectivity index is 2.26. The van der Waals surface area contributed by atoms with Crippen LogP contribution in [0.5, 0.6) is 0 Å². The van der Waals surface area contributed by atoms with Gasteiger partial charge in [-0.15, -0.1) is 0 Å². The Labute approximate surface area is 113 Å². The van der Waals surface area contributed by atoms with E-state index >= 15 is 0 Å². The predicted octanol–water partition coefficient (Wildman–Crippen LogP) is 3.34. The zero-order chi connectivity index (χ0) is 13.8. The van der Waals surface area contributed by atoms with Crippen LogP contribution in [0.4, 0.5) is 4.39 Å². The van der Waals surface area contributed by atoms with Crippen LogP contribution < -0.4 is 5.32 Å². The Morgan fingerprint density at radius 3 is 2.68 bits per heavy atom. The first-order valence-corrected chi connectivity index (χ1v) is 6.44. The van der Waals surface area contributed by atoms with Gasteiger partial charge in [0.1, 0.15) is 5.82 Å². The molecule has 19 heavy (non-hydrogen) atoms. The Hall–Kier alpha value is -1.74. The maximum Gasteiger partial charge on any atom is 0.123 e. The first-order chi connectivity index (χ1) is 9.10. The summed E-state index contributed by atoms with van der Waals surface area (Å²) < 4.78 is 13.3. The van der Waals surface area contributed by atoms with Crippen LogP contribution in [0.1, 0.15) is 28.3 Å². The van der Waals surface area contributed by atoms with Crippen molar-refractivity contribution in [2.75, 3.05) is 7.05 Å². The molecule has 2 nitrogen and oxygen atoms in total. The lowest BCUT2D eigenvalue weighted by atomic mass is 9.96. The van der Waals surface area contributed by atoms with Crippen molar-refractivity contribution >= 4 is 0 Å². The van der Waals surface area contributed by atoms with E-state index in [0.29, 0.717) is 0 Å². The van der Waals surface area contributed by atoms with Crippen LogP contribution in [0.25, 0.3) is 0 Å². The molecular weight excluding hydrogens is 239 g/mol. The summed E-state index contributed by atoms with van der Waals surface area (Å²) in [6, 6.07) is 7.20. The topological polar surface area (TPSA) is 24.9 Å². The summed E-state index contributed by atoms with van der Waals surface area (Å²) in [5.41, 5.74) is 4.41. The van der Waals surface area contributed by atoms with E-state index in [1.165, 1.54) is 6.07 Å². The number of likely N-dealkylation sites (N-methyl/N-ethyl adjacent to an activating group) is 1. The van der Waals surface area contributed by atoms with Gasteiger partial charge in [-0.1, -0.05) is 12.1 Å². The van der Waals surface area contributed by atoms with Crippen LogP contribution in [-0.2, 0) is 6.42 Å². The first-order valence-electron chi connectivity index (χ1n) is 6.44. The molecule has 2 aromatic rings. The molecule has 0 radical (unpaired) electrons. The van der Waals surface area contributed by atoms with E-state index in [1.807, 2.05) is 39.4 Å². The zero-order valence-electron chi connectivity index (χ0n) is 11.6. The summed E-state index contributed by atoms with van der Waals surface area (Å²) in [4.78, 5) is 4.22. The predicted molar refractivity (Wildman–Crippen MR) is 75.6 cm³/mol. The van der Waals surface area contributed by atoms with E-state index in [-0.39, 0.29) is 11.9 Å². The van der Waals surface area contributed by atoms with Gasteiger partial charge in [0.25, 0.3) is 0 Å². The second-order valence-corrected chi connectivity index (χ2v) is 4.91. The Bertz CT molecular complexity index is 566. The van der Waals surface area contributed by atoms with Crippen LogP contribution in [0.3, 0.4) is 0 Å². The highest BCUT2D eigenvalue weighted by Gasteiger charge is 2.12. The van der Waals surface area contributed by atoms with E-state index < -0.39 is 0 Å². The molecule has 1 heterocycles. The molecule has 2 rings (SSSR count). The van der Waals surface area contributed by atoms with Gasteiger partial charge in [-0.05, 0) is 61.7 Å². The molecule has 1 N–H and O–H groups in total. The van der Waals surface area contributed by atoms with Crippen LogP contribution in [0, 0.1) is 19.7 Å². The molecule has 1 aromatic heterocycles. The van der Waals surface area contributed by atoms with Crippen molar-refractivity contribution < 1.29 is 4.39 Å². The molecule has 1 aromatic carbocycles. The average molecular weight is 258 g/mol. The minimum absolute atomic E-state index is 0.146. The molecule has 3 heteroatoms. The number of aryl methyl sites for hydroxylation is 2. The molecule has 100 valence electrons. The molecule has 0 saturated carbocycles. The molecule has 0 saturated heterocycles. The standard InChI is InChI=1S/C16H19FN2/c1-11-6-14(10-19-9-11)16(18-3)8-13-7-15(17)5-4-12(13)2/h4-7,9-10,16,18H,8H2,1-3H3. The highest BCUT2D eigenvalue weighted by atomic mass is 19.1. The van der Waals surface area contributed by atoms with Crippen molar-refractivity contribution in [1.82, 2.24) is 10.3 Å². The van der Waals surface area contributed by atoms with Crippen LogP contribution in [-0.4, -0.2) is 12.0 Å². The molecule has 0 aliphatic rings. The van der Waals surface area contributed by atoms with Crippen LogP contribution >= 0.6 is 0 Å². The number of nitrogens with one attached hydrogen (secondary N) is 1. The fraction of sp³-hybridized carbons (Fsp3) is 0.312. The molecule has 0 aliphatic heterocycles. The summed E-state index contributed by atoms with van der Waals surface area (Å²) in [7, 11) is 1.92. The number of hydrogen-bond donors (Lipinski definition) is 1. The fourth-order valence-electron chi connectivity index (χ4n) is 2.24. The second kappa shape index (κ2) is 5.93. The smallest absolute Gasteiger partial charge is 0.123 e. The molecule has 1 unspecified atom stereocenters. The third kappa shape index (κ3) is 3.38. The highest BCUT2D eigenvalue weighted by Crippen LogP contribution is 2.21. The van der Waals surface area contributed by atoms with Crippen LogP contribution in [0.15, 0.2) is 36.7 Å². The second-order valence-electron chi connectivity index (χ2n) is 4.91. The third-order valence-electron chi connectivity index (χ3n) is 3.38. The zero-order valence-corrected chi connectivity index (χ0v) is 11.6. The van der Waals surface area contributed by atoms with E-state index in [0.717, 1.165) is 28.7 Å². The Morgan fingerprint density at radius 2 is 2.00 bits per heavy atom. The molecule has 1 atom stereocenters. The maximum absolute atomic E-state index is 13.3. The van der Waals surface area contributed by atoms with Crippen molar-refractivity contribution in [2.24, 2.45) is 0 Å². The molecule has 0 fully saturated rings. The summed E-state index contributed by atoms with van der Waals surface area (Å²) in [5.74, 6) is -0.183. The number of aromatic nitrogens is 1. The molecule has 0 amide bonds. The van der Waals surface area contributed by atoms with Gasteiger partial charge in [0.05, 0.1) is 0 Å². The van der Waals surface area contributed by atoms with Gasteiger partial charge >= 0.3 is 0 Å². The van der Waals surface area contributed by atoms with Gasteiger partial charge in [0.2, 0.25) is 0 Å². The minimum atomic E-state index is -0.183. The summed E-state index contributed by atoms with van der Waals surface area (Å²) in [5, 5.41) is 3.28. The lowest BCUT2D eigenvalue weighted by molar-refractivity contribution is 0.580. The summed E-state index contributed by atoms with van der Waals surface area (Å²) in [6.45, 7) is 4.03. The maximum atomic E-state index is 13.3. The van der Waals surface area contributed by atoms with E-state index in [9.17, 15) is 4.39 Å². The number of rotatable bonds is 4. The Kier molecular flexibility index (Phi) is 4.27. The number of benzene rings is 1. The monoisotopic (exact) mass is 258 g/mol. The van der Waals surface area contributed by atoms with E-state index in [2.05, 4.69) is 16.4 Å². The van der Waals surface area contributed by atoms with Crippen molar-refractivity contribution in [3.8, 4) is 0 Å². The molecule has 0 spiro atoms. The minimum Gasteiger partial charge on any atom is -0.313 e. The van der Waals surface area contributed by atoms with Gasteiger partial charge in [0.15, 0.2) is 0 Å². The van der Waals surface area contributed by atoms with Gasteiger partial charge in [-0.2, -0.15) is 0 Å². The molecular formula is C16H19FN2. The van der Waals surface area contributed by atoms with Gasteiger partial charge in [0, 0.05) is 18.4 Å². The summed E-state index contributed by atoms with van der Waals surface area (Å²) >= 11 is 0. The van der Waals surface area contributed by atoms with Crippen molar-refractivity contribution in [2.45, 2.75) is 26.3 Å². The Morgan fingerprint density at radius 1 is 1.21 bits per heavy atom. The quantitative estimate of drug-likeness (QED) is 0.909. The van der Waals surface area contributed by atoms with Gasteiger partial charge < -0.3 is 5.32 Å². The lowest BCUT2D eigenvalue weighted by Gasteiger charge is -2.18. The number of nitrogens with zero attached hydrogens (tertiary/aromatic N) is 1. The van der Waals surface area contributed by atoms with Gasteiger partial charge in [-0.25, -0.2) is 4.39 Å². The number of hydrogen-bond acceptors (Lipinski definition) is 2. The largest absolute Gasteiger partial charge is 0.313 e. The third-order valence-corrected chi connectivity index (χ3v) is 3.38. The molecule has 0 bridgehead atoms. The average Bonchev–Trinajstić information content (AvgIpc) is 2.39. The normalized spacial score (nSPS) is 12.4. The van der Waals surface area contributed by atoms with Crippen LogP contribution in [0.2, 0.25) is 0 Å². The van der Waals surface area contributed by atoms with E-state index in [4.69, 9.17) is 0 Å². The van der Waals surface area contributed by atoms with E-state index in [1.54, 1.807) is 6.07 Å².